The van der Waals surface area contributed by atoms with E-state index >= 15 is 0 Å². The Hall–Kier alpha value is -1.88. The predicted molar refractivity (Wildman–Crippen MR) is 94.0 cm³/mol. The summed E-state index contributed by atoms with van der Waals surface area (Å²) in [7, 11) is 0. The maximum absolute atomic E-state index is 12.3. The molecule has 6 nitrogen and oxygen atoms in total. The number of hydrogen-bond acceptors (Lipinski definition) is 7. The number of carbonyl (C=O) groups is 2. The summed E-state index contributed by atoms with van der Waals surface area (Å²) >= 11 is 2.74. The average Bonchev–Trinajstić information content (AvgIpc) is 3.04. The van der Waals surface area contributed by atoms with Gasteiger partial charge < -0.3 is 10.2 Å². The molecular formula is C15H17F3N4O2S2. The third-order valence-corrected chi connectivity index (χ3v) is 5.55. The van der Waals surface area contributed by atoms with Gasteiger partial charge in [0, 0.05) is 37.0 Å². The smallest absolute Gasteiger partial charge is 0.377 e. The van der Waals surface area contributed by atoms with Crippen LogP contribution in [0.1, 0.15) is 12.8 Å². The number of nitrogens with zero attached hydrogens (tertiary/aromatic N) is 3. The highest BCUT2D eigenvalue weighted by atomic mass is 32.2. The van der Waals surface area contributed by atoms with Crippen LogP contribution in [0.25, 0.3) is 0 Å². The van der Waals surface area contributed by atoms with Gasteiger partial charge in [0.15, 0.2) is 4.34 Å². The summed E-state index contributed by atoms with van der Waals surface area (Å²) in [6.07, 6.45) is -0.503. The lowest BCUT2D eigenvalue weighted by Gasteiger charge is -2.30. The molecule has 11 heteroatoms. The van der Waals surface area contributed by atoms with Crippen LogP contribution in [0.3, 0.4) is 0 Å². The quantitative estimate of drug-likeness (QED) is 0.325. The van der Waals surface area contributed by atoms with Gasteiger partial charge >= 0.3 is 6.18 Å². The normalized spacial score (nSPS) is 16.0. The largest absolute Gasteiger partial charge is 0.454 e. The topological polar surface area (TPSA) is 75.2 Å². The van der Waals surface area contributed by atoms with Gasteiger partial charge in [0.25, 0.3) is 5.78 Å². The lowest BCUT2D eigenvalue weighted by molar-refractivity contribution is -0.165. The molecule has 0 atom stereocenters. The van der Waals surface area contributed by atoms with Gasteiger partial charge in [0.1, 0.15) is 0 Å². The first kappa shape index (κ1) is 20.4. The molecule has 1 saturated heterocycles. The minimum Gasteiger partial charge on any atom is -0.377 e. The average molecular weight is 406 g/mol. The summed E-state index contributed by atoms with van der Waals surface area (Å²) in [6.45, 7) is 4.41. The van der Waals surface area contributed by atoms with Crippen molar-refractivity contribution in [3.8, 4) is 0 Å². The summed E-state index contributed by atoms with van der Waals surface area (Å²) in [5.41, 5.74) is 0. The maximum atomic E-state index is 12.3. The fourth-order valence-corrected chi connectivity index (χ4v) is 3.75. The van der Waals surface area contributed by atoms with Gasteiger partial charge in [0.2, 0.25) is 11.0 Å². The highest BCUT2D eigenvalue weighted by Crippen LogP contribution is 2.27. The summed E-state index contributed by atoms with van der Waals surface area (Å²) in [6, 6.07) is 0. The minimum atomic E-state index is -4.86. The van der Waals surface area contributed by atoms with Gasteiger partial charge in [-0.15, -0.1) is 16.8 Å². The maximum Gasteiger partial charge on any atom is 0.454 e. The molecule has 0 saturated carbocycles. The van der Waals surface area contributed by atoms with E-state index in [4.69, 9.17) is 0 Å². The number of alkyl halides is 3. The Kier molecular flexibility index (Phi) is 7.21. The molecule has 1 amide bonds. The fourth-order valence-electron chi connectivity index (χ4n) is 2.23. The van der Waals surface area contributed by atoms with Crippen molar-refractivity contribution in [2.24, 2.45) is 5.92 Å². The second-order valence-corrected chi connectivity index (χ2v) is 7.69. The molecule has 26 heavy (non-hydrogen) atoms. The summed E-state index contributed by atoms with van der Waals surface area (Å²) < 4.78 is 37.2. The first-order chi connectivity index (χ1) is 12.3. The first-order valence-corrected chi connectivity index (χ1v) is 9.51. The standard InChI is InChI=1S/C15H17F3N4O2S2/c1-2-9-25-14-21-20-13(26-14)19-12(24)10-3-6-22(7-4-10)8-5-11(23)15(16,17)18/h2,5,8,10H,1,3-4,6-7,9H2,(H,19,20,24)/b8-5+. The molecule has 0 aromatic carbocycles. The number of anilines is 1. The molecule has 1 aliphatic rings. The number of amides is 1. The van der Waals surface area contributed by atoms with E-state index in [1.165, 1.54) is 23.1 Å². The van der Waals surface area contributed by atoms with Crippen molar-refractivity contribution in [1.29, 1.82) is 0 Å². The van der Waals surface area contributed by atoms with Crippen LogP contribution in [0.2, 0.25) is 0 Å². The van der Waals surface area contributed by atoms with Gasteiger partial charge in [-0.25, -0.2) is 0 Å². The van der Waals surface area contributed by atoms with E-state index in [0.29, 0.717) is 42.9 Å². The number of nitrogens with one attached hydrogen (secondary N) is 1. The monoisotopic (exact) mass is 406 g/mol. The van der Waals surface area contributed by atoms with Crippen molar-refractivity contribution in [2.45, 2.75) is 23.4 Å². The molecule has 0 unspecified atom stereocenters. The molecule has 0 bridgehead atoms. The van der Waals surface area contributed by atoms with Crippen LogP contribution in [0.4, 0.5) is 18.3 Å². The van der Waals surface area contributed by atoms with Crippen molar-refractivity contribution in [3.05, 3.63) is 24.9 Å². The summed E-state index contributed by atoms with van der Waals surface area (Å²) in [5, 5.41) is 11.0. The molecular weight excluding hydrogens is 389 g/mol. The zero-order chi connectivity index (χ0) is 19.2. The Morgan fingerprint density at radius 2 is 2.04 bits per heavy atom. The molecule has 1 aromatic heterocycles. The Morgan fingerprint density at radius 3 is 2.65 bits per heavy atom. The Morgan fingerprint density at radius 1 is 1.35 bits per heavy atom. The van der Waals surface area contributed by atoms with E-state index in [1.54, 1.807) is 11.0 Å². The van der Waals surface area contributed by atoms with Crippen molar-refractivity contribution in [1.82, 2.24) is 15.1 Å². The number of ketones is 1. The number of thioether (sulfide) groups is 1. The number of hydrogen-bond donors (Lipinski definition) is 1. The molecule has 142 valence electrons. The Labute approximate surface area is 156 Å². The lowest BCUT2D eigenvalue weighted by atomic mass is 9.96. The number of likely N-dealkylation sites (tertiary alicyclic amines) is 1. The molecule has 1 N–H and O–H groups in total. The van der Waals surface area contributed by atoms with Crippen LogP contribution in [-0.4, -0.2) is 51.8 Å². The van der Waals surface area contributed by atoms with E-state index in [1.807, 2.05) is 0 Å². The van der Waals surface area contributed by atoms with Gasteiger partial charge in [-0.05, 0) is 12.8 Å². The minimum absolute atomic E-state index is 0.184. The highest BCUT2D eigenvalue weighted by molar-refractivity contribution is 8.01. The summed E-state index contributed by atoms with van der Waals surface area (Å²) in [4.78, 5) is 24.7. The van der Waals surface area contributed by atoms with Crippen LogP contribution in [-0.2, 0) is 9.59 Å². The number of piperidine rings is 1. The number of allylic oxidation sites excluding steroid dienone is 1. The van der Waals surface area contributed by atoms with Crippen LogP contribution in [0, 0.1) is 5.92 Å². The van der Waals surface area contributed by atoms with Crippen molar-refractivity contribution in [2.75, 3.05) is 24.2 Å². The van der Waals surface area contributed by atoms with E-state index in [0.717, 1.165) is 10.5 Å². The fraction of sp³-hybridized carbons (Fsp3) is 0.467. The molecule has 2 rings (SSSR count). The first-order valence-electron chi connectivity index (χ1n) is 7.71. The van der Waals surface area contributed by atoms with Gasteiger partial charge in [0.05, 0.1) is 0 Å². The van der Waals surface area contributed by atoms with Crippen LogP contribution < -0.4 is 5.32 Å². The SMILES string of the molecule is C=CCSc1nnc(NC(=O)C2CCN(/C=C/C(=O)C(F)(F)F)CC2)s1. The number of halogens is 3. The number of rotatable bonds is 7. The van der Waals surface area contributed by atoms with E-state index in [2.05, 4.69) is 22.1 Å². The third-order valence-electron chi connectivity index (χ3n) is 3.58. The van der Waals surface area contributed by atoms with Gasteiger partial charge in [-0.3, -0.25) is 9.59 Å². The van der Waals surface area contributed by atoms with Crippen LogP contribution >= 0.6 is 23.1 Å². The molecule has 0 aliphatic carbocycles. The third kappa shape index (κ3) is 6.13. The van der Waals surface area contributed by atoms with Gasteiger partial charge in [-0.1, -0.05) is 29.2 Å². The van der Waals surface area contributed by atoms with Crippen LogP contribution in [0.5, 0.6) is 0 Å². The summed E-state index contributed by atoms with van der Waals surface area (Å²) in [5.74, 6) is -1.63. The molecule has 2 heterocycles. The molecule has 1 aliphatic heterocycles. The molecule has 1 aromatic rings. The van der Waals surface area contributed by atoms with Crippen molar-refractivity contribution >= 4 is 39.9 Å². The van der Waals surface area contributed by atoms with Crippen molar-refractivity contribution in [3.63, 3.8) is 0 Å². The van der Waals surface area contributed by atoms with E-state index < -0.39 is 12.0 Å². The number of aromatic nitrogens is 2. The van der Waals surface area contributed by atoms with E-state index in [-0.39, 0.29) is 11.8 Å². The molecule has 0 radical (unpaired) electrons. The zero-order valence-electron chi connectivity index (χ0n) is 13.7. The Balaban J connectivity index is 1.79. The molecule has 0 spiro atoms. The van der Waals surface area contributed by atoms with Crippen LogP contribution in [0.15, 0.2) is 29.3 Å². The predicted octanol–water partition coefficient (Wildman–Crippen LogP) is 3.11. The number of carbonyl (C=O) groups excluding carboxylic acids is 2. The van der Waals surface area contributed by atoms with Gasteiger partial charge in [-0.2, -0.15) is 13.2 Å². The van der Waals surface area contributed by atoms with Crippen molar-refractivity contribution < 1.29 is 22.8 Å². The highest BCUT2D eigenvalue weighted by Gasteiger charge is 2.36. The molecule has 1 fully saturated rings. The van der Waals surface area contributed by atoms with E-state index in [9.17, 15) is 22.8 Å². The second-order valence-electron chi connectivity index (χ2n) is 5.45. The zero-order valence-corrected chi connectivity index (χ0v) is 15.3. The lowest BCUT2D eigenvalue weighted by Crippen LogP contribution is -2.35. The Bertz CT molecular complexity index is 683. The second kappa shape index (κ2) is 9.17.